The first-order valence-electron chi connectivity index (χ1n) is 7.95. The quantitative estimate of drug-likeness (QED) is 0.506. The molecule has 0 aliphatic carbocycles. The number of allylic oxidation sites excluding steroid dienone is 1. The molecule has 0 unspecified atom stereocenters. The summed E-state index contributed by atoms with van der Waals surface area (Å²) in [6.45, 7) is 0. The molecule has 1 heterocycles. The lowest BCUT2D eigenvalue weighted by molar-refractivity contribution is 0.355. The molecule has 0 spiro atoms. The molecule has 0 bridgehead atoms. The molecular weight excluding hydrogens is 426 g/mol. The number of halogens is 1. The monoisotopic (exact) mass is 441 g/mol. The molecule has 1 aromatic heterocycles. The number of nitrogens with one attached hydrogen (secondary N) is 1. The van der Waals surface area contributed by atoms with E-state index >= 15 is 0 Å². The number of ether oxygens (including phenoxy) is 2. The van der Waals surface area contributed by atoms with Crippen LogP contribution in [0.3, 0.4) is 0 Å². The van der Waals surface area contributed by atoms with E-state index < -0.39 is 0 Å². The second-order valence-electron chi connectivity index (χ2n) is 5.43. The number of hydrogen-bond donors (Lipinski definition) is 1. The maximum atomic E-state index is 9.52. The van der Waals surface area contributed by atoms with Crippen LogP contribution in [0.15, 0.2) is 58.5 Å². The van der Waals surface area contributed by atoms with Gasteiger partial charge in [-0.1, -0.05) is 28.1 Å². The highest BCUT2D eigenvalue weighted by Gasteiger charge is 2.10. The molecule has 3 aromatic rings. The van der Waals surface area contributed by atoms with Crippen molar-refractivity contribution in [2.45, 2.75) is 0 Å². The lowest BCUT2D eigenvalue weighted by Crippen LogP contribution is -1.94. The van der Waals surface area contributed by atoms with Crippen molar-refractivity contribution in [2.75, 3.05) is 19.5 Å². The first-order chi connectivity index (χ1) is 13.1. The molecule has 0 saturated carbocycles. The standard InChI is InChI=1S/C20H16BrN3O2S/c1-25-18-7-6-16(9-19(18)26-2)23-11-14(10-22)20-24-17(12-27-20)13-4-3-5-15(21)8-13/h3-9,11-12,23H,1-2H3/b14-11+. The number of anilines is 1. The summed E-state index contributed by atoms with van der Waals surface area (Å²) in [5, 5.41) is 15.2. The number of hydrogen-bond acceptors (Lipinski definition) is 6. The molecule has 0 atom stereocenters. The fourth-order valence-electron chi connectivity index (χ4n) is 2.40. The zero-order chi connectivity index (χ0) is 19.2. The molecule has 1 N–H and O–H groups in total. The van der Waals surface area contributed by atoms with E-state index in [0.29, 0.717) is 22.1 Å². The van der Waals surface area contributed by atoms with E-state index in [4.69, 9.17) is 9.47 Å². The number of thiazole rings is 1. The summed E-state index contributed by atoms with van der Waals surface area (Å²) >= 11 is 4.89. The first kappa shape index (κ1) is 19.0. The van der Waals surface area contributed by atoms with Crippen molar-refractivity contribution in [3.63, 3.8) is 0 Å². The van der Waals surface area contributed by atoms with Crippen molar-refractivity contribution < 1.29 is 9.47 Å². The van der Waals surface area contributed by atoms with Crippen LogP contribution in [0.1, 0.15) is 5.01 Å². The molecule has 5 nitrogen and oxygen atoms in total. The summed E-state index contributed by atoms with van der Waals surface area (Å²) in [5.74, 6) is 1.26. The van der Waals surface area contributed by atoms with E-state index in [2.05, 4.69) is 32.3 Å². The van der Waals surface area contributed by atoms with E-state index in [1.165, 1.54) is 11.3 Å². The van der Waals surface area contributed by atoms with Gasteiger partial charge in [0.2, 0.25) is 0 Å². The molecule has 0 amide bonds. The number of benzene rings is 2. The maximum absolute atomic E-state index is 9.52. The molecule has 0 aliphatic heterocycles. The fourth-order valence-corrected chi connectivity index (χ4v) is 3.60. The molecule has 27 heavy (non-hydrogen) atoms. The Labute approximate surface area is 170 Å². The van der Waals surface area contributed by atoms with Gasteiger partial charge in [0.25, 0.3) is 0 Å². The Balaban J connectivity index is 1.82. The van der Waals surface area contributed by atoms with E-state index in [-0.39, 0.29) is 0 Å². The Morgan fingerprint density at radius 1 is 1.19 bits per heavy atom. The smallest absolute Gasteiger partial charge is 0.162 e. The van der Waals surface area contributed by atoms with Crippen molar-refractivity contribution >= 4 is 38.5 Å². The number of nitriles is 1. The average Bonchev–Trinajstić information content (AvgIpc) is 3.18. The van der Waals surface area contributed by atoms with Crippen LogP contribution in [0.25, 0.3) is 16.8 Å². The van der Waals surface area contributed by atoms with Gasteiger partial charge in [-0.25, -0.2) is 4.98 Å². The highest BCUT2D eigenvalue weighted by Crippen LogP contribution is 2.31. The van der Waals surface area contributed by atoms with Gasteiger partial charge in [-0.15, -0.1) is 11.3 Å². The lowest BCUT2D eigenvalue weighted by atomic mass is 10.2. The number of aromatic nitrogens is 1. The Bertz CT molecular complexity index is 1020. The van der Waals surface area contributed by atoms with Crippen molar-refractivity contribution in [2.24, 2.45) is 0 Å². The number of nitrogens with zero attached hydrogens (tertiary/aromatic N) is 2. The van der Waals surface area contributed by atoms with Gasteiger partial charge in [0.15, 0.2) is 11.5 Å². The minimum atomic E-state index is 0.455. The van der Waals surface area contributed by atoms with Crippen LogP contribution in [0.2, 0.25) is 0 Å². The minimum absolute atomic E-state index is 0.455. The maximum Gasteiger partial charge on any atom is 0.162 e. The summed E-state index contributed by atoms with van der Waals surface area (Å²) in [4.78, 5) is 4.59. The minimum Gasteiger partial charge on any atom is -0.493 e. The van der Waals surface area contributed by atoms with E-state index in [0.717, 1.165) is 21.4 Å². The van der Waals surface area contributed by atoms with Crippen LogP contribution in [-0.4, -0.2) is 19.2 Å². The zero-order valence-corrected chi connectivity index (χ0v) is 17.1. The van der Waals surface area contributed by atoms with Crippen LogP contribution >= 0.6 is 27.3 Å². The first-order valence-corrected chi connectivity index (χ1v) is 9.62. The average molecular weight is 442 g/mol. The second kappa shape index (κ2) is 8.71. The topological polar surface area (TPSA) is 67.2 Å². The van der Waals surface area contributed by atoms with Crippen LogP contribution in [0.5, 0.6) is 11.5 Å². The van der Waals surface area contributed by atoms with Crippen LogP contribution in [-0.2, 0) is 0 Å². The molecule has 2 aromatic carbocycles. The molecular formula is C20H16BrN3O2S. The molecule has 3 rings (SSSR count). The van der Waals surface area contributed by atoms with E-state index in [1.54, 1.807) is 32.6 Å². The van der Waals surface area contributed by atoms with Crippen LogP contribution < -0.4 is 14.8 Å². The van der Waals surface area contributed by atoms with Gasteiger partial charge < -0.3 is 14.8 Å². The largest absolute Gasteiger partial charge is 0.493 e. The van der Waals surface area contributed by atoms with Crippen LogP contribution in [0, 0.1) is 11.3 Å². The van der Waals surface area contributed by atoms with Crippen LogP contribution in [0.4, 0.5) is 5.69 Å². The van der Waals surface area contributed by atoms with Gasteiger partial charge in [0.05, 0.1) is 19.9 Å². The van der Waals surface area contributed by atoms with E-state index in [1.807, 2.05) is 35.7 Å². The second-order valence-corrected chi connectivity index (χ2v) is 7.21. The third kappa shape index (κ3) is 4.48. The molecule has 7 heteroatoms. The molecule has 0 fully saturated rings. The van der Waals surface area contributed by atoms with Gasteiger partial charge in [0.1, 0.15) is 16.6 Å². The summed E-state index contributed by atoms with van der Waals surface area (Å²) in [6, 6.07) is 15.6. The Kier molecular flexibility index (Phi) is 6.12. The predicted octanol–water partition coefficient (Wildman–Crippen LogP) is 5.57. The highest BCUT2D eigenvalue weighted by molar-refractivity contribution is 9.10. The Morgan fingerprint density at radius 2 is 2.00 bits per heavy atom. The summed E-state index contributed by atoms with van der Waals surface area (Å²) in [7, 11) is 3.17. The Hall–Kier alpha value is -2.82. The van der Waals surface area contributed by atoms with Crippen molar-refractivity contribution in [1.82, 2.24) is 4.98 Å². The molecule has 0 aliphatic rings. The number of methoxy groups -OCH3 is 2. The highest BCUT2D eigenvalue weighted by atomic mass is 79.9. The van der Waals surface area contributed by atoms with E-state index in [9.17, 15) is 5.26 Å². The molecule has 0 radical (unpaired) electrons. The van der Waals surface area contributed by atoms with Gasteiger partial charge in [-0.05, 0) is 24.3 Å². The summed E-state index contributed by atoms with van der Waals surface area (Å²) in [6.07, 6.45) is 1.64. The van der Waals surface area contributed by atoms with Crippen molar-refractivity contribution in [3.8, 4) is 28.8 Å². The molecule has 0 saturated heterocycles. The summed E-state index contributed by atoms with van der Waals surface area (Å²) in [5.41, 5.74) is 3.07. The third-order valence-electron chi connectivity index (χ3n) is 3.74. The third-order valence-corrected chi connectivity index (χ3v) is 5.11. The van der Waals surface area contributed by atoms with Gasteiger partial charge in [-0.3, -0.25) is 0 Å². The summed E-state index contributed by atoms with van der Waals surface area (Å²) < 4.78 is 11.5. The predicted molar refractivity (Wildman–Crippen MR) is 112 cm³/mol. The SMILES string of the molecule is COc1ccc(N/C=C(\C#N)c2nc(-c3cccc(Br)c3)cs2)cc1OC. The van der Waals surface area contributed by atoms with Gasteiger partial charge >= 0.3 is 0 Å². The number of rotatable bonds is 6. The van der Waals surface area contributed by atoms with Gasteiger partial charge in [-0.2, -0.15) is 5.26 Å². The molecule has 136 valence electrons. The van der Waals surface area contributed by atoms with Crippen molar-refractivity contribution in [1.29, 1.82) is 5.26 Å². The van der Waals surface area contributed by atoms with Crippen molar-refractivity contribution in [3.05, 3.63) is 63.5 Å². The normalized spacial score (nSPS) is 11.0. The fraction of sp³-hybridized carbons (Fsp3) is 0.100. The van der Waals surface area contributed by atoms with Gasteiger partial charge in [0, 0.05) is 33.4 Å². The zero-order valence-electron chi connectivity index (χ0n) is 14.7. The lowest BCUT2D eigenvalue weighted by Gasteiger charge is -2.09. The Morgan fingerprint density at radius 3 is 2.70 bits per heavy atom.